The third-order valence-electron chi connectivity index (χ3n) is 6.10. The van der Waals surface area contributed by atoms with Crippen LogP contribution in [0.4, 0.5) is 14.8 Å². The number of halogens is 2. The van der Waals surface area contributed by atoms with Gasteiger partial charge in [0.25, 0.3) is 5.56 Å². The van der Waals surface area contributed by atoms with Gasteiger partial charge in [-0.05, 0) is 42.4 Å². The molecule has 0 aliphatic carbocycles. The minimum atomic E-state index is -0.971. The normalized spacial score (nSPS) is 14.4. The van der Waals surface area contributed by atoms with Crippen LogP contribution in [0.1, 0.15) is 12.5 Å². The van der Waals surface area contributed by atoms with Crippen LogP contribution in [0.5, 0.6) is 0 Å². The first-order valence-corrected chi connectivity index (χ1v) is 11.4. The standard InChI is InChI=1S/C25H24F2N6O2/c1-2-31-10-12-32(13-11-31)25-28-24(30-35-25)19-5-3-4-17(14-19)16-33-23(34)9-8-22(29-33)18-6-7-20(26)21(27)15-18/h3-9,14-15H,2,10-13,16H2,1H3. The molecule has 2 aromatic heterocycles. The Bertz CT molecular complexity index is 1390. The van der Waals surface area contributed by atoms with Crippen LogP contribution >= 0.6 is 0 Å². The van der Waals surface area contributed by atoms with Crippen LogP contribution in [-0.2, 0) is 6.54 Å². The molecule has 0 atom stereocenters. The summed E-state index contributed by atoms with van der Waals surface area (Å²) in [4.78, 5) is 21.4. The first-order valence-electron chi connectivity index (χ1n) is 11.4. The number of hydrogen-bond acceptors (Lipinski definition) is 7. The molecule has 1 fully saturated rings. The third kappa shape index (κ3) is 4.97. The highest BCUT2D eigenvalue weighted by atomic mass is 19.2. The van der Waals surface area contributed by atoms with Gasteiger partial charge in [-0.25, -0.2) is 13.5 Å². The van der Waals surface area contributed by atoms with E-state index in [2.05, 4.69) is 32.0 Å². The van der Waals surface area contributed by atoms with Crippen molar-refractivity contribution in [3.8, 4) is 22.6 Å². The van der Waals surface area contributed by atoms with E-state index < -0.39 is 11.6 Å². The van der Waals surface area contributed by atoms with E-state index in [0.29, 0.717) is 23.1 Å². The van der Waals surface area contributed by atoms with Crippen molar-refractivity contribution in [2.45, 2.75) is 13.5 Å². The Labute approximate surface area is 200 Å². The molecule has 0 saturated carbocycles. The molecule has 1 aliphatic heterocycles. The molecule has 0 unspecified atom stereocenters. The molecular formula is C25H24F2N6O2. The molecule has 3 heterocycles. The van der Waals surface area contributed by atoms with Gasteiger partial charge in [-0.1, -0.05) is 30.3 Å². The molecule has 1 saturated heterocycles. The van der Waals surface area contributed by atoms with Crippen molar-refractivity contribution in [1.82, 2.24) is 24.8 Å². The van der Waals surface area contributed by atoms with Crippen molar-refractivity contribution in [2.75, 3.05) is 37.6 Å². The Morgan fingerprint density at radius 1 is 0.943 bits per heavy atom. The average Bonchev–Trinajstić information content (AvgIpc) is 3.38. The number of piperazine rings is 1. The van der Waals surface area contributed by atoms with E-state index in [-0.39, 0.29) is 12.1 Å². The number of aromatic nitrogens is 4. The van der Waals surface area contributed by atoms with Crippen LogP contribution in [0.2, 0.25) is 0 Å². The van der Waals surface area contributed by atoms with Gasteiger partial charge in [0.05, 0.1) is 12.2 Å². The minimum absolute atomic E-state index is 0.188. The number of nitrogens with zero attached hydrogens (tertiary/aromatic N) is 6. The first-order chi connectivity index (χ1) is 17.0. The van der Waals surface area contributed by atoms with Gasteiger partial charge in [0, 0.05) is 43.4 Å². The number of anilines is 1. The van der Waals surface area contributed by atoms with E-state index in [9.17, 15) is 13.6 Å². The Morgan fingerprint density at radius 2 is 1.77 bits per heavy atom. The van der Waals surface area contributed by atoms with Crippen LogP contribution in [0.3, 0.4) is 0 Å². The molecule has 35 heavy (non-hydrogen) atoms. The third-order valence-corrected chi connectivity index (χ3v) is 6.10. The van der Waals surface area contributed by atoms with Gasteiger partial charge in [0.15, 0.2) is 11.6 Å². The lowest BCUT2D eigenvalue weighted by Crippen LogP contribution is -2.46. The average molecular weight is 479 g/mol. The second kappa shape index (κ2) is 9.75. The van der Waals surface area contributed by atoms with E-state index in [1.807, 2.05) is 24.3 Å². The number of likely N-dealkylation sites (N-methyl/N-ethyl adjacent to an activating group) is 1. The molecule has 180 valence electrons. The van der Waals surface area contributed by atoms with Gasteiger partial charge in [0.2, 0.25) is 5.82 Å². The van der Waals surface area contributed by atoms with Crippen LogP contribution in [0, 0.1) is 11.6 Å². The van der Waals surface area contributed by atoms with Crippen molar-refractivity contribution >= 4 is 6.01 Å². The molecule has 0 radical (unpaired) electrons. The van der Waals surface area contributed by atoms with Crippen molar-refractivity contribution in [3.05, 3.63) is 82.1 Å². The Hall–Kier alpha value is -3.92. The monoisotopic (exact) mass is 478 g/mol. The van der Waals surface area contributed by atoms with Crippen LogP contribution < -0.4 is 10.5 Å². The topological polar surface area (TPSA) is 80.3 Å². The number of benzene rings is 2. The molecule has 0 spiro atoms. The van der Waals surface area contributed by atoms with E-state index in [1.54, 1.807) is 0 Å². The molecule has 2 aromatic carbocycles. The van der Waals surface area contributed by atoms with E-state index >= 15 is 0 Å². The molecule has 10 heteroatoms. The lowest BCUT2D eigenvalue weighted by Gasteiger charge is -2.32. The van der Waals surface area contributed by atoms with Crippen molar-refractivity contribution in [1.29, 1.82) is 0 Å². The van der Waals surface area contributed by atoms with Crippen LogP contribution in [0.25, 0.3) is 22.6 Å². The summed E-state index contributed by atoms with van der Waals surface area (Å²) in [5.74, 6) is -1.44. The summed E-state index contributed by atoms with van der Waals surface area (Å²) in [6.45, 7) is 6.93. The minimum Gasteiger partial charge on any atom is -0.322 e. The molecule has 8 nitrogen and oxygen atoms in total. The Morgan fingerprint density at radius 3 is 2.54 bits per heavy atom. The molecule has 0 amide bonds. The largest absolute Gasteiger partial charge is 0.324 e. The highest BCUT2D eigenvalue weighted by Crippen LogP contribution is 2.23. The lowest BCUT2D eigenvalue weighted by atomic mass is 10.1. The van der Waals surface area contributed by atoms with Gasteiger partial charge in [-0.15, -0.1) is 0 Å². The highest BCUT2D eigenvalue weighted by molar-refractivity contribution is 5.59. The predicted octanol–water partition coefficient (Wildman–Crippen LogP) is 3.43. The number of rotatable bonds is 6. The summed E-state index contributed by atoms with van der Waals surface area (Å²) >= 11 is 0. The van der Waals surface area contributed by atoms with E-state index in [4.69, 9.17) is 4.52 Å². The van der Waals surface area contributed by atoms with Gasteiger partial charge in [-0.3, -0.25) is 4.79 Å². The summed E-state index contributed by atoms with van der Waals surface area (Å²) in [6, 6.07) is 14.3. The summed E-state index contributed by atoms with van der Waals surface area (Å²) in [5.41, 5.74) is 2.00. The molecular weight excluding hydrogens is 454 g/mol. The van der Waals surface area contributed by atoms with Crippen LogP contribution in [-0.4, -0.2) is 57.5 Å². The van der Waals surface area contributed by atoms with Crippen molar-refractivity contribution < 1.29 is 13.3 Å². The van der Waals surface area contributed by atoms with Gasteiger partial charge >= 0.3 is 6.01 Å². The first kappa shape index (κ1) is 22.9. The van der Waals surface area contributed by atoms with Crippen molar-refractivity contribution in [3.63, 3.8) is 0 Å². The fourth-order valence-electron chi connectivity index (χ4n) is 4.07. The Kier molecular flexibility index (Phi) is 6.37. The number of hydrogen-bond donors (Lipinski definition) is 0. The maximum absolute atomic E-state index is 13.7. The van der Waals surface area contributed by atoms with Gasteiger partial charge in [-0.2, -0.15) is 10.1 Å². The molecule has 0 N–H and O–H groups in total. The van der Waals surface area contributed by atoms with Gasteiger partial charge in [0.1, 0.15) is 0 Å². The summed E-state index contributed by atoms with van der Waals surface area (Å²) in [6.07, 6.45) is 0. The second-order valence-electron chi connectivity index (χ2n) is 8.37. The summed E-state index contributed by atoms with van der Waals surface area (Å²) < 4.78 is 33.7. The maximum atomic E-state index is 13.7. The molecule has 0 bridgehead atoms. The summed E-state index contributed by atoms with van der Waals surface area (Å²) in [5, 5.41) is 8.49. The van der Waals surface area contributed by atoms with E-state index in [1.165, 1.54) is 22.9 Å². The summed E-state index contributed by atoms with van der Waals surface area (Å²) in [7, 11) is 0. The molecule has 5 rings (SSSR count). The van der Waals surface area contributed by atoms with Crippen LogP contribution in [0.15, 0.2) is 63.9 Å². The molecule has 4 aromatic rings. The quantitative estimate of drug-likeness (QED) is 0.420. The predicted molar refractivity (Wildman–Crippen MR) is 127 cm³/mol. The molecule has 1 aliphatic rings. The lowest BCUT2D eigenvalue weighted by molar-refractivity contribution is 0.262. The smallest absolute Gasteiger partial charge is 0.322 e. The van der Waals surface area contributed by atoms with E-state index in [0.717, 1.165) is 56.0 Å². The van der Waals surface area contributed by atoms with Gasteiger partial charge < -0.3 is 14.3 Å². The second-order valence-corrected chi connectivity index (χ2v) is 8.37. The fraction of sp³-hybridized carbons (Fsp3) is 0.280. The maximum Gasteiger partial charge on any atom is 0.324 e. The zero-order chi connectivity index (χ0) is 24.4. The zero-order valence-electron chi connectivity index (χ0n) is 19.2. The van der Waals surface area contributed by atoms with Crippen molar-refractivity contribution in [2.24, 2.45) is 0 Å². The zero-order valence-corrected chi connectivity index (χ0v) is 19.2. The highest BCUT2D eigenvalue weighted by Gasteiger charge is 2.21. The Balaban J connectivity index is 1.35. The SMILES string of the molecule is CCN1CCN(c2nc(-c3cccc(Cn4nc(-c5ccc(F)c(F)c5)ccc4=O)c3)no2)CC1. The fourth-order valence-corrected chi connectivity index (χ4v) is 4.07.